The van der Waals surface area contributed by atoms with Crippen LogP contribution in [0.2, 0.25) is 0 Å². The van der Waals surface area contributed by atoms with Gasteiger partial charge in [-0.15, -0.1) is 11.3 Å². The van der Waals surface area contributed by atoms with E-state index in [1.54, 1.807) is 23.5 Å². The second kappa shape index (κ2) is 3.56. The summed E-state index contributed by atoms with van der Waals surface area (Å²) in [5.74, 6) is 0.508. The van der Waals surface area contributed by atoms with Crippen LogP contribution in [-0.2, 0) is 4.74 Å². The molecule has 1 aliphatic heterocycles. The average molecular weight is 235 g/mol. The number of ether oxygens (including phenoxy) is 1. The monoisotopic (exact) mass is 235 g/mol. The highest BCUT2D eigenvalue weighted by molar-refractivity contribution is 7.21. The maximum Gasteiger partial charge on any atom is 0.226 e. The molecule has 0 amide bonds. The van der Waals surface area contributed by atoms with E-state index in [0.29, 0.717) is 12.5 Å². The molecular weight excluding hydrogens is 225 g/mol. The van der Waals surface area contributed by atoms with Gasteiger partial charge in [-0.05, 0) is 36.1 Å². The van der Waals surface area contributed by atoms with Gasteiger partial charge in [-0.25, -0.2) is 9.38 Å². The molecule has 3 rings (SSSR count). The summed E-state index contributed by atoms with van der Waals surface area (Å²) < 4.78 is 19.7. The summed E-state index contributed by atoms with van der Waals surface area (Å²) in [7, 11) is 0. The third-order valence-electron chi connectivity index (χ3n) is 2.68. The first-order valence-electron chi connectivity index (χ1n) is 5.12. The molecule has 2 aromatic rings. The fourth-order valence-electron chi connectivity index (χ4n) is 1.87. The predicted octanol–water partition coefficient (Wildman–Crippen LogP) is 3.13. The Hall–Kier alpha value is -1.42. The van der Waals surface area contributed by atoms with Crippen LogP contribution in [-0.4, -0.2) is 19.0 Å². The van der Waals surface area contributed by atoms with Crippen LogP contribution in [0.1, 0.15) is 10.4 Å². The maximum atomic E-state index is 13.1. The van der Waals surface area contributed by atoms with E-state index in [-0.39, 0.29) is 5.82 Å². The molecule has 16 heavy (non-hydrogen) atoms. The van der Waals surface area contributed by atoms with Crippen molar-refractivity contribution < 1.29 is 9.13 Å². The van der Waals surface area contributed by atoms with Crippen molar-refractivity contribution >= 4 is 27.3 Å². The Bertz CT molecular complexity index is 588. The Labute approximate surface area is 96.4 Å². The lowest BCUT2D eigenvalue weighted by Crippen LogP contribution is -1.99. The smallest absolute Gasteiger partial charge is 0.226 e. The third-order valence-corrected chi connectivity index (χ3v) is 3.94. The lowest BCUT2D eigenvalue weighted by Gasteiger charge is -1.98. The number of thiophene rings is 1. The molecule has 1 aliphatic rings. The second-order valence-corrected chi connectivity index (χ2v) is 4.78. The number of rotatable bonds is 1. The fourth-order valence-corrected chi connectivity index (χ4v) is 3.02. The van der Waals surface area contributed by atoms with Crippen LogP contribution < -0.4 is 0 Å². The van der Waals surface area contributed by atoms with Gasteiger partial charge in [-0.1, -0.05) is 0 Å². The molecule has 0 bridgehead atoms. The zero-order valence-corrected chi connectivity index (χ0v) is 9.60. The molecule has 1 aromatic heterocycles. The van der Waals surface area contributed by atoms with Crippen LogP contribution in [0.3, 0.4) is 0 Å². The molecule has 0 spiro atoms. The first-order valence-corrected chi connectivity index (χ1v) is 5.93. The van der Waals surface area contributed by atoms with Gasteiger partial charge < -0.3 is 4.74 Å². The molecule has 0 atom stereocenters. The van der Waals surface area contributed by atoms with Crippen molar-refractivity contribution in [1.29, 1.82) is 0 Å². The van der Waals surface area contributed by atoms with Gasteiger partial charge in [0.2, 0.25) is 5.90 Å². The van der Waals surface area contributed by atoms with Gasteiger partial charge >= 0.3 is 0 Å². The van der Waals surface area contributed by atoms with Crippen molar-refractivity contribution in [1.82, 2.24) is 0 Å². The zero-order valence-electron chi connectivity index (χ0n) is 8.79. The molecule has 4 heteroatoms. The Kier molecular flexibility index (Phi) is 2.17. The summed E-state index contributed by atoms with van der Waals surface area (Å²) in [6.45, 7) is 3.35. The van der Waals surface area contributed by atoms with Crippen molar-refractivity contribution in [3.05, 3.63) is 34.5 Å². The summed E-state index contributed by atoms with van der Waals surface area (Å²) in [4.78, 5) is 5.32. The number of halogens is 1. The number of aliphatic imine (C=N–C) groups is 1. The topological polar surface area (TPSA) is 21.6 Å². The Balaban J connectivity index is 2.23. The standard InChI is InChI=1S/C12H10FNOS/c1-7-9-6-8(13)2-3-10(9)16-11(7)12-14-4-5-15-12/h2-3,6H,4-5H2,1H3. The minimum atomic E-state index is -0.200. The highest BCUT2D eigenvalue weighted by Crippen LogP contribution is 2.32. The third kappa shape index (κ3) is 1.41. The van der Waals surface area contributed by atoms with E-state index in [1.165, 1.54) is 6.07 Å². The fraction of sp³-hybridized carbons (Fsp3) is 0.250. The van der Waals surface area contributed by atoms with Crippen LogP contribution in [0.5, 0.6) is 0 Å². The number of hydrogen-bond donors (Lipinski definition) is 0. The quantitative estimate of drug-likeness (QED) is 0.744. The molecule has 0 saturated carbocycles. The molecule has 1 aromatic carbocycles. The van der Waals surface area contributed by atoms with Crippen molar-refractivity contribution in [3.63, 3.8) is 0 Å². The van der Waals surface area contributed by atoms with Crippen LogP contribution in [0.15, 0.2) is 23.2 Å². The maximum absolute atomic E-state index is 13.1. The van der Waals surface area contributed by atoms with Crippen LogP contribution in [0.25, 0.3) is 10.1 Å². The molecule has 0 N–H and O–H groups in total. The predicted molar refractivity (Wildman–Crippen MR) is 63.9 cm³/mol. The lowest BCUT2D eigenvalue weighted by atomic mass is 10.1. The molecule has 0 fully saturated rings. The summed E-state index contributed by atoms with van der Waals surface area (Å²) in [6.07, 6.45) is 0. The van der Waals surface area contributed by atoms with Gasteiger partial charge in [0, 0.05) is 4.70 Å². The van der Waals surface area contributed by atoms with E-state index in [2.05, 4.69) is 4.99 Å². The Morgan fingerprint density at radius 2 is 2.31 bits per heavy atom. The van der Waals surface area contributed by atoms with Gasteiger partial charge in [0.05, 0.1) is 11.4 Å². The molecule has 2 heterocycles. The summed E-state index contributed by atoms with van der Waals surface area (Å²) in [5.41, 5.74) is 1.06. The van der Waals surface area contributed by atoms with E-state index < -0.39 is 0 Å². The van der Waals surface area contributed by atoms with Crippen molar-refractivity contribution in [2.45, 2.75) is 6.92 Å². The molecule has 0 unspecified atom stereocenters. The molecule has 0 saturated heterocycles. The van der Waals surface area contributed by atoms with Crippen molar-refractivity contribution in [2.75, 3.05) is 13.2 Å². The first-order chi connectivity index (χ1) is 7.75. The van der Waals surface area contributed by atoms with Crippen LogP contribution in [0.4, 0.5) is 4.39 Å². The zero-order chi connectivity index (χ0) is 11.1. The minimum absolute atomic E-state index is 0.200. The Morgan fingerprint density at radius 1 is 1.44 bits per heavy atom. The number of hydrogen-bond acceptors (Lipinski definition) is 3. The van der Waals surface area contributed by atoms with Crippen molar-refractivity contribution in [3.8, 4) is 0 Å². The average Bonchev–Trinajstić information content (AvgIpc) is 2.87. The van der Waals surface area contributed by atoms with Gasteiger partial charge in [-0.2, -0.15) is 0 Å². The normalized spacial score (nSPS) is 15.2. The molecule has 0 aliphatic carbocycles. The summed E-state index contributed by atoms with van der Waals surface area (Å²) in [5, 5.41) is 0.957. The second-order valence-electron chi connectivity index (χ2n) is 3.73. The SMILES string of the molecule is Cc1c(C2=NCCO2)sc2ccc(F)cc12. The number of aryl methyl sites for hydroxylation is 1. The Morgan fingerprint density at radius 3 is 3.06 bits per heavy atom. The van der Waals surface area contributed by atoms with E-state index in [1.807, 2.05) is 6.92 Å². The highest BCUT2D eigenvalue weighted by atomic mass is 32.1. The molecule has 0 radical (unpaired) electrons. The van der Waals surface area contributed by atoms with Crippen LogP contribution in [0, 0.1) is 12.7 Å². The van der Waals surface area contributed by atoms with E-state index in [0.717, 1.165) is 27.1 Å². The number of nitrogens with zero attached hydrogens (tertiary/aromatic N) is 1. The minimum Gasteiger partial charge on any atom is -0.475 e. The van der Waals surface area contributed by atoms with Gasteiger partial charge in [-0.3, -0.25) is 0 Å². The van der Waals surface area contributed by atoms with E-state index >= 15 is 0 Å². The molecule has 2 nitrogen and oxygen atoms in total. The highest BCUT2D eigenvalue weighted by Gasteiger charge is 2.17. The summed E-state index contributed by atoms with van der Waals surface area (Å²) in [6, 6.07) is 4.86. The van der Waals surface area contributed by atoms with Gasteiger partial charge in [0.1, 0.15) is 12.4 Å². The number of benzene rings is 1. The van der Waals surface area contributed by atoms with E-state index in [9.17, 15) is 4.39 Å². The van der Waals surface area contributed by atoms with Gasteiger partial charge in [0.25, 0.3) is 0 Å². The van der Waals surface area contributed by atoms with E-state index in [4.69, 9.17) is 4.74 Å². The van der Waals surface area contributed by atoms with Crippen molar-refractivity contribution in [2.24, 2.45) is 4.99 Å². The number of fused-ring (bicyclic) bond motifs is 1. The van der Waals surface area contributed by atoms with Gasteiger partial charge in [0.15, 0.2) is 0 Å². The lowest BCUT2D eigenvalue weighted by molar-refractivity contribution is 0.349. The molecule has 82 valence electrons. The molecular formula is C12H10FNOS. The summed E-state index contributed by atoms with van der Waals surface area (Å²) >= 11 is 1.61. The largest absolute Gasteiger partial charge is 0.475 e. The first kappa shape index (κ1) is 9.78. The van der Waals surface area contributed by atoms with Crippen LogP contribution >= 0.6 is 11.3 Å².